The van der Waals surface area contributed by atoms with Crippen LogP contribution in [-0.2, 0) is 0 Å². The van der Waals surface area contributed by atoms with Gasteiger partial charge in [0.1, 0.15) is 17.7 Å². The van der Waals surface area contributed by atoms with Gasteiger partial charge in [-0.15, -0.1) is 0 Å². The molecule has 0 unspecified atom stereocenters. The molecule has 0 N–H and O–H groups in total. The van der Waals surface area contributed by atoms with Gasteiger partial charge in [0.25, 0.3) is 0 Å². The molecular formula is C13H3BrF2N2O. The number of allylic oxidation sites excluding steroid dienone is 4. The summed E-state index contributed by atoms with van der Waals surface area (Å²) < 4.78 is 26.5. The molecule has 19 heavy (non-hydrogen) atoms. The second-order valence-corrected chi connectivity index (χ2v) is 4.50. The third-order valence-corrected chi connectivity index (χ3v) is 3.17. The van der Waals surface area contributed by atoms with Crippen molar-refractivity contribution in [3.05, 3.63) is 51.0 Å². The minimum Gasteiger partial charge on any atom is -0.288 e. The zero-order valence-corrected chi connectivity index (χ0v) is 10.8. The first kappa shape index (κ1) is 13.1. The molecule has 0 saturated carbocycles. The van der Waals surface area contributed by atoms with E-state index >= 15 is 0 Å². The van der Waals surface area contributed by atoms with Crippen LogP contribution in [0.15, 0.2) is 28.3 Å². The van der Waals surface area contributed by atoms with E-state index in [2.05, 4.69) is 15.9 Å². The highest BCUT2D eigenvalue weighted by Crippen LogP contribution is 2.34. The fourth-order valence-electron chi connectivity index (χ4n) is 1.71. The normalized spacial score (nSPS) is 13.2. The van der Waals surface area contributed by atoms with Crippen molar-refractivity contribution < 1.29 is 13.6 Å². The first-order chi connectivity index (χ1) is 8.99. The third-order valence-electron chi connectivity index (χ3n) is 2.58. The zero-order chi connectivity index (χ0) is 14.2. The van der Waals surface area contributed by atoms with Crippen LogP contribution in [0.2, 0.25) is 0 Å². The predicted molar refractivity (Wildman–Crippen MR) is 65.8 cm³/mol. The Kier molecular flexibility index (Phi) is 3.28. The van der Waals surface area contributed by atoms with Gasteiger partial charge in [-0.3, -0.25) is 4.79 Å². The second kappa shape index (κ2) is 4.75. The number of hydrogen-bond donors (Lipinski definition) is 0. The topological polar surface area (TPSA) is 64.7 Å². The Morgan fingerprint density at radius 2 is 1.63 bits per heavy atom. The molecule has 1 aliphatic rings. The second-order valence-electron chi connectivity index (χ2n) is 3.65. The van der Waals surface area contributed by atoms with Gasteiger partial charge in [0.2, 0.25) is 5.78 Å². The first-order valence-corrected chi connectivity index (χ1v) is 5.74. The van der Waals surface area contributed by atoms with E-state index in [0.717, 1.165) is 12.1 Å². The minimum atomic E-state index is -1.16. The summed E-state index contributed by atoms with van der Waals surface area (Å²) in [7, 11) is 0. The van der Waals surface area contributed by atoms with Crippen LogP contribution in [0.5, 0.6) is 0 Å². The van der Waals surface area contributed by atoms with E-state index in [1.54, 1.807) is 12.1 Å². The molecular weight excluding hydrogens is 318 g/mol. The van der Waals surface area contributed by atoms with Crippen LogP contribution in [0.25, 0.3) is 5.57 Å². The summed E-state index contributed by atoms with van der Waals surface area (Å²) in [5.74, 6) is -2.84. The lowest BCUT2D eigenvalue weighted by Gasteiger charge is -2.15. The maximum absolute atomic E-state index is 13.3. The summed E-state index contributed by atoms with van der Waals surface area (Å²) in [5, 5.41) is 17.7. The number of carbonyl (C=O) groups is 1. The van der Waals surface area contributed by atoms with Crippen LogP contribution in [0, 0.1) is 34.3 Å². The number of ketones is 1. The number of fused-ring (bicyclic) bond motifs is 1. The lowest BCUT2D eigenvalue weighted by Crippen LogP contribution is -2.11. The third kappa shape index (κ3) is 2.07. The number of nitrogens with zero attached hydrogens (tertiary/aromatic N) is 2. The van der Waals surface area contributed by atoms with Gasteiger partial charge in [0.15, 0.2) is 11.6 Å². The average Bonchev–Trinajstić information content (AvgIpc) is 2.39. The highest BCUT2D eigenvalue weighted by Gasteiger charge is 2.26. The molecule has 0 radical (unpaired) electrons. The molecule has 1 aromatic rings. The number of benzene rings is 1. The maximum atomic E-state index is 13.3. The Morgan fingerprint density at radius 3 is 2.16 bits per heavy atom. The van der Waals surface area contributed by atoms with Crippen LogP contribution in [-0.4, -0.2) is 5.78 Å². The largest absolute Gasteiger partial charge is 0.288 e. The number of nitriles is 2. The summed E-state index contributed by atoms with van der Waals surface area (Å²) >= 11 is 2.98. The monoisotopic (exact) mass is 320 g/mol. The predicted octanol–water partition coefficient (Wildman–Crippen LogP) is 3.24. The number of halogens is 3. The molecule has 0 atom stereocenters. The molecule has 0 spiro atoms. The molecule has 6 heteroatoms. The van der Waals surface area contributed by atoms with E-state index < -0.39 is 17.4 Å². The summed E-state index contributed by atoms with van der Waals surface area (Å²) in [6, 6.07) is 4.88. The number of hydrogen-bond acceptors (Lipinski definition) is 3. The smallest absolute Gasteiger partial charge is 0.200 e. The van der Waals surface area contributed by atoms with E-state index in [1.807, 2.05) is 0 Å². The van der Waals surface area contributed by atoms with E-state index in [1.165, 1.54) is 6.08 Å². The van der Waals surface area contributed by atoms with Crippen LogP contribution in [0.3, 0.4) is 0 Å². The van der Waals surface area contributed by atoms with E-state index in [-0.39, 0.29) is 26.8 Å². The van der Waals surface area contributed by atoms with E-state index in [9.17, 15) is 13.6 Å². The quantitative estimate of drug-likeness (QED) is 0.689. The lowest BCUT2D eigenvalue weighted by atomic mass is 9.89. The molecule has 0 amide bonds. The van der Waals surface area contributed by atoms with Crippen molar-refractivity contribution in [2.75, 3.05) is 0 Å². The standard InChI is InChI=1S/C13H3BrF2N2O/c14-10-1-7(6(4-17)5-18)8-2-11(15)12(16)3-9(8)13(10)19/h1-3H. The van der Waals surface area contributed by atoms with Crippen molar-refractivity contribution in [1.29, 1.82) is 10.5 Å². The van der Waals surface area contributed by atoms with Gasteiger partial charge in [-0.25, -0.2) is 8.78 Å². The lowest BCUT2D eigenvalue weighted by molar-refractivity contribution is 0.104. The fourth-order valence-corrected chi connectivity index (χ4v) is 2.15. The number of rotatable bonds is 0. The van der Waals surface area contributed by atoms with Crippen molar-refractivity contribution >= 4 is 27.3 Å². The van der Waals surface area contributed by atoms with E-state index in [0.29, 0.717) is 0 Å². The summed E-state index contributed by atoms with van der Waals surface area (Å²) in [5.41, 5.74) is -0.251. The Hall–Kier alpha value is -2.31. The van der Waals surface area contributed by atoms with Crippen molar-refractivity contribution in [2.24, 2.45) is 0 Å². The zero-order valence-electron chi connectivity index (χ0n) is 9.17. The summed E-state index contributed by atoms with van der Waals surface area (Å²) in [6.45, 7) is 0. The first-order valence-electron chi connectivity index (χ1n) is 4.95. The van der Waals surface area contributed by atoms with Crippen LogP contribution in [0.4, 0.5) is 8.78 Å². The SMILES string of the molecule is N#CC(C#N)=C1C=C(Br)C(=O)c2cc(F)c(F)cc21. The van der Waals surface area contributed by atoms with E-state index in [4.69, 9.17) is 10.5 Å². The summed E-state index contributed by atoms with van der Waals surface area (Å²) in [6.07, 6.45) is 1.25. The molecule has 0 saturated heterocycles. The highest BCUT2D eigenvalue weighted by atomic mass is 79.9. The van der Waals surface area contributed by atoms with Crippen LogP contribution in [0.1, 0.15) is 15.9 Å². The number of carbonyl (C=O) groups excluding carboxylic acids is 1. The molecule has 0 heterocycles. The van der Waals surface area contributed by atoms with Gasteiger partial charge in [0.05, 0.1) is 4.48 Å². The van der Waals surface area contributed by atoms with Crippen LogP contribution < -0.4 is 0 Å². The van der Waals surface area contributed by atoms with Gasteiger partial charge in [0, 0.05) is 11.1 Å². The molecule has 0 fully saturated rings. The van der Waals surface area contributed by atoms with Gasteiger partial charge in [-0.05, 0) is 39.7 Å². The van der Waals surface area contributed by atoms with Crippen molar-refractivity contribution in [3.8, 4) is 12.1 Å². The van der Waals surface area contributed by atoms with Gasteiger partial charge in [-0.2, -0.15) is 10.5 Å². The van der Waals surface area contributed by atoms with Crippen LogP contribution >= 0.6 is 15.9 Å². The van der Waals surface area contributed by atoms with Crippen molar-refractivity contribution in [3.63, 3.8) is 0 Å². The fraction of sp³-hybridized carbons (Fsp3) is 0. The van der Waals surface area contributed by atoms with Crippen molar-refractivity contribution in [2.45, 2.75) is 0 Å². The van der Waals surface area contributed by atoms with Crippen molar-refractivity contribution in [1.82, 2.24) is 0 Å². The Balaban J connectivity index is 2.88. The van der Waals surface area contributed by atoms with Gasteiger partial charge in [-0.1, -0.05) is 0 Å². The summed E-state index contributed by atoms with van der Waals surface area (Å²) in [4.78, 5) is 11.8. The molecule has 0 aromatic heterocycles. The average molecular weight is 321 g/mol. The number of Topliss-reactive ketones (excluding diaryl/α,β-unsaturated/α-hetero) is 1. The molecule has 0 bridgehead atoms. The molecule has 0 aliphatic heterocycles. The molecule has 92 valence electrons. The Morgan fingerprint density at radius 1 is 1.11 bits per heavy atom. The molecule has 2 rings (SSSR count). The highest BCUT2D eigenvalue weighted by molar-refractivity contribution is 9.12. The minimum absolute atomic E-state index is 0.0326. The molecule has 1 aliphatic carbocycles. The molecule has 1 aromatic carbocycles. The maximum Gasteiger partial charge on any atom is 0.200 e. The van der Waals surface area contributed by atoms with Gasteiger partial charge >= 0.3 is 0 Å². The Labute approximate surface area is 115 Å². The Bertz CT molecular complexity index is 735. The molecule has 3 nitrogen and oxygen atoms in total. The van der Waals surface area contributed by atoms with Gasteiger partial charge < -0.3 is 0 Å².